The van der Waals surface area contributed by atoms with Gasteiger partial charge in [0.25, 0.3) is 0 Å². The van der Waals surface area contributed by atoms with Crippen LogP contribution in [0.15, 0.2) is 48.5 Å². The van der Waals surface area contributed by atoms with Crippen molar-refractivity contribution in [2.75, 3.05) is 0 Å². The summed E-state index contributed by atoms with van der Waals surface area (Å²) in [6, 6.07) is 16.0. The summed E-state index contributed by atoms with van der Waals surface area (Å²) in [6.07, 6.45) is 0. The molecule has 3 aromatic rings. The van der Waals surface area contributed by atoms with Crippen molar-refractivity contribution in [2.45, 2.75) is 20.8 Å². The van der Waals surface area contributed by atoms with Gasteiger partial charge in [-0.1, -0.05) is 42.5 Å². The largest absolute Gasteiger partial charge is 0.493 e. The predicted molar refractivity (Wildman–Crippen MR) is 84.9 cm³/mol. The van der Waals surface area contributed by atoms with Crippen molar-refractivity contribution in [2.24, 2.45) is 0 Å². The first-order valence-electron chi connectivity index (χ1n) is 7.00. The van der Waals surface area contributed by atoms with Gasteiger partial charge in [0.05, 0.1) is 11.4 Å². The number of benzene rings is 2. The summed E-state index contributed by atoms with van der Waals surface area (Å²) in [5, 5.41) is 15.1. The maximum absolute atomic E-state index is 10.4. The highest BCUT2D eigenvalue weighted by molar-refractivity contribution is 5.69. The van der Waals surface area contributed by atoms with Crippen LogP contribution in [0.5, 0.6) is 5.88 Å². The van der Waals surface area contributed by atoms with Gasteiger partial charge in [-0.2, -0.15) is 5.10 Å². The molecule has 1 aromatic heterocycles. The molecular formula is C18H18N2O. The lowest BCUT2D eigenvalue weighted by Gasteiger charge is -2.06. The van der Waals surface area contributed by atoms with Gasteiger partial charge in [0.15, 0.2) is 0 Å². The lowest BCUT2D eigenvalue weighted by Crippen LogP contribution is -1.98. The lowest BCUT2D eigenvalue weighted by atomic mass is 10.0. The minimum atomic E-state index is 0.197. The predicted octanol–water partition coefficient (Wildman–Crippen LogP) is 4.17. The molecule has 0 atom stereocenters. The molecule has 0 bridgehead atoms. The first-order valence-corrected chi connectivity index (χ1v) is 7.00. The molecule has 2 aromatic carbocycles. The van der Waals surface area contributed by atoms with Gasteiger partial charge in [-0.25, -0.2) is 4.68 Å². The molecule has 0 unspecified atom stereocenters. The Bertz CT molecular complexity index is 737. The normalized spacial score (nSPS) is 10.8. The van der Waals surface area contributed by atoms with Crippen LogP contribution in [0.25, 0.3) is 16.9 Å². The number of hydrogen-bond acceptors (Lipinski definition) is 2. The second-order valence-electron chi connectivity index (χ2n) is 5.31. The van der Waals surface area contributed by atoms with Crippen molar-refractivity contribution in [3.8, 4) is 22.8 Å². The standard InChI is InChI=1S/C18H18N2O/c1-12-8-4-6-10-15(12)17-14(3)18(21)20(19-17)16-11-7-5-9-13(16)2/h4-11,21H,1-3H3. The summed E-state index contributed by atoms with van der Waals surface area (Å²) in [5.41, 5.74) is 5.80. The van der Waals surface area contributed by atoms with Gasteiger partial charge in [0, 0.05) is 11.1 Å². The van der Waals surface area contributed by atoms with Crippen LogP contribution in [-0.4, -0.2) is 14.9 Å². The summed E-state index contributed by atoms with van der Waals surface area (Å²) < 4.78 is 1.62. The molecule has 0 aliphatic heterocycles. The van der Waals surface area contributed by atoms with Gasteiger partial charge in [-0.15, -0.1) is 0 Å². The van der Waals surface area contributed by atoms with E-state index in [0.717, 1.165) is 33.6 Å². The number of hydrogen-bond donors (Lipinski definition) is 1. The maximum Gasteiger partial charge on any atom is 0.217 e. The van der Waals surface area contributed by atoms with Crippen LogP contribution in [0.4, 0.5) is 0 Å². The van der Waals surface area contributed by atoms with E-state index in [-0.39, 0.29) is 5.88 Å². The molecule has 3 nitrogen and oxygen atoms in total. The van der Waals surface area contributed by atoms with Crippen molar-refractivity contribution in [3.63, 3.8) is 0 Å². The zero-order chi connectivity index (χ0) is 15.0. The van der Waals surface area contributed by atoms with E-state index in [0.29, 0.717) is 0 Å². The average molecular weight is 278 g/mol. The van der Waals surface area contributed by atoms with E-state index in [4.69, 9.17) is 0 Å². The first-order chi connectivity index (χ1) is 10.1. The van der Waals surface area contributed by atoms with Gasteiger partial charge >= 0.3 is 0 Å². The lowest BCUT2D eigenvalue weighted by molar-refractivity contribution is 0.430. The molecule has 1 N–H and O–H groups in total. The Hall–Kier alpha value is -2.55. The monoisotopic (exact) mass is 278 g/mol. The van der Waals surface area contributed by atoms with Gasteiger partial charge in [-0.05, 0) is 38.0 Å². The van der Waals surface area contributed by atoms with E-state index < -0.39 is 0 Å². The first kappa shape index (κ1) is 13.4. The summed E-state index contributed by atoms with van der Waals surface area (Å²) in [6.45, 7) is 5.97. The zero-order valence-electron chi connectivity index (χ0n) is 12.5. The van der Waals surface area contributed by atoms with E-state index in [1.807, 2.05) is 56.3 Å². The van der Waals surface area contributed by atoms with Crippen LogP contribution in [-0.2, 0) is 0 Å². The molecule has 3 heteroatoms. The number of aryl methyl sites for hydroxylation is 2. The van der Waals surface area contributed by atoms with Gasteiger partial charge in [0.1, 0.15) is 0 Å². The molecule has 0 aliphatic carbocycles. The topological polar surface area (TPSA) is 38.0 Å². The summed E-state index contributed by atoms with van der Waals surface area (Å²) in [5.74, 6) is 0.197. The maximum atomic E-state index is 10.4. The van der Waals surface area contributed by atoms with Crippen LogP contribution in [0, 0.1) is 20.8 Å². The van der Waals surface area contributed by atoms with E-state index in [9.17, 15) is 5.11 Å². The highest BCUT2D eigenvalue weighted by atomic mass is 16.3. The highest BCUT2D eigenvalue weighted by Crippen LogP contribution is 2.33. The molecule has 1 heterocycles. The number of aromatic nitrogens is 2. The Morgan fingerprint density at radius 1 is 0.857 bits per heavy atom. The number of aromatic hydroxyl groups is 1. The Labute approximate surface area is 124 Å². The van der Waals surface area contributed by atoms with E-state index in [1.165, 1.54) is 0 Å². The van der Waals surface area contributed by atoms with Crippen molar-refractivity contribution in [1.29, 1.82) is 0 Å². The van der Waals surface area contributed by atoms with Crippen LogP contribution >= 0.6 is 0 Å². The molecule has 21 heavy (non-hydrogen) atoms. The molecule has 0 saturated carbocycles. The minimum absolute atomic E-state index is 0.197. The second-order valence-corrected chi connectivity index (χ2v) is 5.31. The van der Waals surface area contributed by atoms with Crippen molar-refractivity contribution < 1.29 is 5.11 Å². The van der Waals surface area contributed by atoms with Gasteiger partial charge in [0.2, 0.25) is 5.88 Å². The van der Waals surface area contributed by atoms with Crippen LogP contribution in [0.3, 0.4) is 0 Å². The fourth-order valence-corrected chi connectivity index (χ4v) is 2.55. The molecular weight excluding hydrogens is 260 g/mol. The molecule has 106 valence electrons. The minimum Gasteiger partial charge on any atom is -0.493 e. The van der Waals surface area contributed by atoms with E-state index in [1.54, 1.807) is 4.68 Å². The average Bonchev–Trinajstić information content (AvgIpc) is 2.77. The quantitative estimate of drug-likeness (QED) is 0.764. The summed E-state index contributed by atoms with van der Waals surface area (Å²) in [7, 11) is 0. The van der Waals surface area contributed by atoms with Crippen molar-refractivity contribution in [1.82, 2.24) is 9.78 Å². The zero-order valence-corrected chi connectivity index (χ0v) is 12.5. The second kappa shape index (κ2) is 5.09. The van der Waals surface area contributed by atoms with E-state index in [2.05, 4.69) is 18.1 Å². The number of nitrogens with zero attached hydrogens (tertiary/aromatic N) is 2. The Balaban J connectivity index is 2.22. The number of rotatable bonds is 2. The SMILES string of the molecule is Cc1ccccc1-c1nn(-c2ccccc2C)c(O)c1C. The molecule has 0 spiro atoms. The van der Waals surface area contributed by atoms with Gasteiger partial charge in [-0.3, -0.25) is 0 Å². The Morgan fingerprint density at radius 2 is 1.48 bits per heavy atom. The molecule has 0 radical (unpaired) electrons. The van der Waals surface area contributed by atoms with E-state index >= 15 is 0 Å². The molecule has 0 saturated heterocycles. The fraction of sp³-hybridized carbons (Fsp3) is 0.167. The Kier molecular flexibility index (Phi) is 3.26. The highest BCUT2D eigenvalue weighted by Gasteiger charge is 2.17. The third-order valence-corrected chi connectivity index (χ3v) is 3.84. The van der Waals surface area contributed by atoms with Crippen molar-refractivity contribution in [3.05, 3.63) is 65.2 Å². The van der Waals surface area contributed by atoms with Crippen LogP contribution in [0.2, 0.25) is 0 Å². The summed E-state index contributed by atoms with van der Waals surface area (Å²) >= 11 is 0. The molecule has 0 aliphatic rings. The summed E-state index contributed by atoms with van der Waals surface area (Å²) in [4.78, 5) is 0. The fourth-order valence-electron chi connectivity index (χ4n) is 2.55. The van der Waals surface area contributed by atoms with Crippen molar-refractivity contribution >= 4 is 0 Å². The molecule has 0 fully saturated rings. The van der Waals surface area contributed by atoms with Crippen LogP contribution in [0.1, 0.15) is 16.7 Å². The molecule has 3 rings (SSSR count). The Morgan fingerprint density at radius 3 is 2.14 bits per heavy atom. The van der Waals surface area contributed by atoms with Crippen LogP contribution < -0.4 is 0 Å². The third kappa shape index (κ3) is 2.21. The molecule has 0 amide bonds. The third-order valence-electron chi connectivity index (χ3n) is 3.84. The number of para-hydroxylation sites is 1. The van der Waals surface area contributed by atoms with Gasteiger partial charge < -0.3 is 5.11 Å². The smallest absolute Gasteiger partial charge is 0.217 e.